The third-order valence-corrected chi connectivity index (χ3v) is 7.25. The number of carbonyl (C=O) groups is 2. The average molecular weight is 565 g/mol. The van der Waals surface area contributed by atoms with Crippen molar-refractivity contribution in [2.75, 3.05) is 0 Å². The Labute approximate surface area is 220 Å². The van der Waals surface area contributed by atoms with Gasteiger partial charge in [-0.3, -0.25) is 14.5 Å². The van der Waals surface area contributed by atoms with E-state index in [0.29, 0.717) is 22.3 Å². The fourth-order valence-corrected chi connectivity index (χ4v) is 5.14. The van der Waals surface area contributed by atoms with Gasteiger partial charge in [-0.2, -0.15) is 0 Å². The predicted octanol–water partition coefficient (Wildman–Crippen LogP) is 8.07. The van der Waals surface area contributed by atoms with E-state index in [2.05, 4.69) is 40.2 Å². The number of ether oxygens (including phenoxy) is 1. The summed E-state index contributed by atoms with van der Waals surface area (Å²) in [5, 5.41) is 2.63. The smallest absolute Gasteiger partial charge is 0.293 e. The maximum absolute atomic E-state index is 13.0. The topological polar surface area (TPSA) is 46.6 Å². The van der Waals surface area contributed by atoms with Gasteiger partial charge in [0.05, 0.1) is 11.4 Å². The molecule has 35 heavy (non-hydrogen) atoms. The minimum atomic E-state index is -0.324. The third kappa shape index (κ3) is 5.45. The molecule has 4 aromatic rings. The van der Waals surface area contributed by atoms with E-state index < -0.39 is 0 Å². The Morgan fingerprint density at radius 2 is 1.63 bits per heavy atom. The summed E-state index contributed by atoms with van der Waals surface area (Å²) in [5.74, 6) is 0.307. The normalized spacial score (nSPS) is 14.8. The van der Waals surface area contributed by atoms with Crippen LogP contribution in [0.1, 0.15) is 16.7 Å². The summed E-state index contributed by atoms with van der Waals surface area (Å²) in [6, 6.07) is 27.1. The molecule has 0 aliphatic carbocycles. The van der Waals surface area contributed by atoms with Crippen molar-refractivity contribution < 1.29 is 14.3 Å². The molecule has 0 radical (unpaired) electrons. The van der Waals surface area contributed by atoms with Crippen molar-refractivity contribution in [1.82, 2.24) is 4.90 Å². The van der Waals surface area contributed by atoms with Crippen LogP contribution < -0.4 is 4.74 Å². The SMILES string of the molecule is O=C1S/C(=C\c2cc(Br)ccc2OCc2ccc3ccccc3c2)C(=O)N1Cc1ccc(Cl)cc1. The molecule has 0 bridgehead atoms. The summed E-state index contributed by atoms with van der Waals surface area (Å²) < 4.78 is 6.99. The first-order valence-corrected chi connectivity index (χ1v) is 12.8. The number of nitrogens with zero attached hydrogens (tertiary/aromatic N) is 1. The molecule has 1 aliphatic heterocycles. The summed E-state index contributed by atoms with van der Waals surface area (Å²) >= 11 is 10.4. The quantitative estimate of drug-likeness (QED) is 0.222. The number of benzene rings is 4. The first-order valence-electron chi connectivity index (χ1n) is 10.9. The fourth-order valence-electron chi connectivity index (χ4n) is 3.80. The van der Waals surface area contributed by atoms with Crippen LogP contribution in [0.15, 0.2) is 94.3 Å². The summed E-state index contributed by atoms with van der Waals surface area (Å²) in [4.78, 5) is 27.2. The molecule has 1 aliphatic rings. The van der Waals surface area contributed by atoms with Crippen molar-refractivity contribution >= 4 is 67.3 Å². The molecule has 174 valence electrons. The maximum Gasteiger partial charge on any atom is 0.293 e. The molecule has 4 aromatic carbocycles. The molecule has 1 saturated heterocycles. The second kappa shape index (κ2) is 10.3. The second-order valence-corrected chi connectivity index (χ2v) is 10.4. The Hall–Kier alpha value is -3.06. The molecule has 0 spiro atoms. The number of amides is 2. The van der Waals surface area contributed by atoms with Crippen molar-refractivity contribution in [3.8, 4) is 5.75 Å². The predicted molar refractivity (Wildman–Crippen MR) is 145 cm³/mol. The van der Waals surface area contributed by atoms with Crippen LogP contribution in [0.5, 0.6) is 5.75 Å². The van der Waals surface area contributed by atoms with Crippen LogP contribution in [0.2, 0.25) is 5.02 Å². The highest BCUT2D eigenvalue weighted by Gasteiger charge is 2.35. The van der Waals surface area contributed by atoms with Crippen LogP contribution in [0.3, 0.4) is 0 Å². The lowest BCUT2D eigenvalue weighted by atomic mass is 10.1. The van der Waals surface area contributed by atoms with E-state index in [1.165, 1.54) is 10.3 Å². The zero-order valence-electron chi connectivity index (χ0n) is 18.4. The maximum atomic E-state index is 13.0. The van der Waals surface area contributed by atoms with Crippen LogP contribution >= 0.6 is 39.3 Å². The van der Waals surface area contributed by atoms with Gasteiger partial charge in [0.15, 0.2) is 0 Å². The summed E-state index contributed by atoms with van der Waals surface area (Å²) in [6.07, 6.45) is 1.72. The van der Waals surface area contributed by atoms with Crippen molar-refractivity contribution in [2.24, 2.45) is 0 Å². The number of halogens is 2. The number of carbonyl (C=O) groups excluding carboxylic acids is 2. The van der Waals surface area contributed by atoms with Gasteiger partial charge in [-0.15, -0.1) is 0 Å². The van der Waals surface area contributed by atoms with Crippen LogP contribution in [0.4, 0.5) is 4.79 Å². The lowest BCUT2D eigenvalue weighted by Gasteiger charge is -2.13. The molecule has 0 saturated carbocycles. The van der Waals surface area contributed by atoms with Crippen LogP contribution in [-0.2, 0) is 17.9 Å². The monoisotopic (exact) mass is 563 g/mol. The first kappa shape index (κ1) is 23.7. The lowest BCUT2D eigenvalue weighted by Crippen LogP contribution is -2.27. The van der Waals surface area contributed by atoms with Gasteiger partial charge in [-0.25, -0.2) is 0 Å². The minimum absolute atomic E-state index is 0.197. The molecule has 1 heterocycles. The van der Waals surface area contributed by atoms with E-state index in [-0.39, 0.29) is 17.7 Å². The van der Waals surface area contributed by atoms with E-state index in [1.807, 2.05) is 48.5 Å². The van der Waals surface area contributed by atoms with Crippen LogP contribution in [0, 0.1) is 0 Å². The zero-order chi connectivity index (χ0) is 24.4. The summed E-state index contributed by atoms with van der Waals surface area (Å²) in [6.45, 7) is 0.578. The van der Waals surface area contributed by atoms with Gasteiger partial charge in [0.1, 0.15) is 12.4 Å². The lowest BCUT2D eigenvalue weighted by molar-refractivity contribution is -0.123. The number of imide groups is 1. The molecule has 4 nitrogen and oxygen atoms in total. The Bertz CT molecular complexity index is 1470. The largest absolute Gasteiger partial charge is 0.488 e. The molecule has 5 rings (SSSR count). The average Bonchev–Trinajstić information content (AvgIpc) is 3.12. The van der Waals surface area contributed by atoms with Gasteiger partial charge in [-0.05, 0) is 76.1 Å². The van der Waals surface area contributed by atoms with Crippen LogP contribution in [0.25, 0.3) is 16.8 Å². The van der Waals surface area contributed by atoms with Gasteiger partial charge in [-0.1, -0.05) is 76.1 Å². The number of hydrogen-bond acceptors (Lipinski definition) is 4. The molecule has 0 unspecified atom stereocenters. The van der Waals surface area contributed by atoms with Gasteiger partial charge >= 0.3 is 0 Å². The highest BCUT2D eigenvalue weighted by molar-refractivity contribution is 9.10. The molecule has 0 aromatic heterocycles. The molecule has 2 amide bonds. The third-order valence-electron chi connectivity index (χ3n) is 5.59. The van der Waals surface area contributed by atoms with E-state index >= 15 is 0 Å². The molecule has 1 fully saturated rings. The Balaban J connectivity index is 1.36. The number of rotatable bonds is 6. The molecular formula is C28H19BrClNO3S. The standard InChI is InChI=1S/C28H19BrClNO3S/c29-23-9-12-25(34-17-19-5-8-20-3-1-2-4-21(20)13-19)22(14-23)15-26-27(32)31(28(33)35-26)16-18-6-10-24(30)11-7-18/h1-15H,16-17H2/b26-15-. The Kier molecular flexibility index (Phi) is 6.95. The highest BCUT2D eigenvalue weighted by atomic mass is 79.9. The van der Waals surface area contributed by atoms with Gasteiger partial charge < -0.3 is 4.74 Å². The number of thioether (sulfide) groups is 1. The second-order valence-electron chi connectivity index (χ2n) is 8.05. The number of hydrogen-bond donors (Lipinski definition) is 0. The Morgan fingerprint density at radius 1 is 0.886 bits per heavy atom. The summed E-state index contributed by atoms with van der Waals surface area (Å²) in [7, 11) is 0. The van der Waals surface area contributed by atoms with Crippen molar-refractivity contribution in [2.45, 2.75) is 13.2 Å². The van der Waals surface area contributed by atoms with Gasteiger partial charge in [0.2, 0.25) is 0 Å². The first-order chi connectivity index (χ1) is 17.0. The molecule has 0 N–H and O–H groups in total. The van der Waals surface area contributed by atoms with E-state index in [9.17, 15) is 9.59 Å². The molecular weight excluding hydrogens is 546 g/mol. The van der Waals surface area contributed by atoms with Crippen molar-refractivity contribution in [3.63, 3.8) is 0 Å². The van der Waals surface area contributed by atoms with Gasteiger partial charge in [0, 0.05) is 15.1 Å². The van der Waals surface area contributed by atoms with E-state index in [0.717, 1.165) is 38.3 Å². The highest BCUT2D eigenvalue weighted by Crippen LogP contribution is 2.36. The molecule has 0 atom stereocenters. The van der Waals surface area contributed by atoms with E-state index in [1.54, 1.807) is 18.2 Å². The van der Waals surface area contributed by atoms with Crippen LogP contribution in [-0.4, -0.2) is 16.0 Å². The van der Waals surface area contributed by atoms with E-state index in [4.69, 9.17) is 16.3 Å². The van der Waals surface area contributed by atoms with Crippen molar-refractivity contribution in [3.05, 3.63) is 116 Å². The van der Waals surface area contributed by atoms with Gasteiger partial charge in [0.25, 0.3) is 11.1 Å². The van der Waals surface area contributed by atoms with Crippen molar-refractivity contribution in [1.29, 1.82) is 0 Å². The fraction of sp³-hybridized carbons (Fsp3) is 0.0714. The minimum Gasteiger partial charge on any atom is -0.488 e. The summed E-state index contributed by atoms with van der Waals surface area (Å²) in [5.41, 5.74) is 2.60. The number of fused-ring (bicyclic) bond motifs is 1. The zero-order valence-corrected chi connectivity index (χ0v) is 21.6. The molecule has 7 heteroatoms. The Morgan fingerprint density at radius 3 is 2.43 bits per heavy atom.